The number of benzene rings is 1. The van der Waals surface area contributed by atoms with Gasteiger partial charge in [0.1, 0.15) is 0 Å². The van der Waals surface area contributed by atoms with E-state index in [4.69, 9.17) is 0 Å². The minimum absolute atomic E-state index is 0.0586. The van der Waals surface area contributed by atoms with Gasteiger partial charge in [0, 0.05) is 19.1 Å². The number of hydrogen-bond donors (Lipinski definition) is 1. The predicted octanol–water partition coefficient (Wildman–Crippen LogP) is 2.71. The van der Waals surface area contributed by atoms with E-state index in [0.717, 1.165) is 12.1 Å². The van der Waals surface area contributed by atoms with E-state index in [2.05, 4.69) is 10.3 Å². The number of hydrogen-bond acceptors (Lipinski definition) is 3. The molecule has 0 spiro atoms. The highest BCUT2D eigenvalue weighted by molar-refractivity contribution is 5.76. The summed E-state index contributed by atoms with van der Waals surface area (Å²) in [5.41, 5.74) is 0.832. The number of nitrogens with one attached hydrogen (secondary N) is 1. The van der Waals surface area contributed by atoms with E-state index in [1.54, 1.807) is 10.9 Å². The Morgan fingerprint density at radius 1 is 1.14 bits per heavy atom. The first-order chi connectivity index (χ1) is 10.3. The maximum Gasteiger partial charge on any atom is 0.261 e. The normalized spacial score (nSPS) is 17.0. The molecule has 21 heavy (non-hydrogen) atoms. The predicted molar refractivity (Wildman–Crippen MR) is 85.5 cm³/mol. The van der Waals surface area contributed by atoms with Crippen LogP contribution in [0.3, 0.4) is 0 Å². The van der Waals surface area contributed by atoms with Crippen LogP contribution in [0.25, 0.3) is 10.9 Å². The van der Waals surface area contributed by atoms with Gasteiger partial charge in [-0.1, -0.05) is 37.8 Å². The molecule has 1 fully saturated rings. The molecule has 0 radical (unpaired) electrons. The molecule has 0 saturated heterocycles. The molecule has 1 aliphatic carbocycles. The van der Waals surface area contributed by atoms with Crippen LogP contribution in [-0.2, 0) is 6.54 Å². The Morgan fingerprint density at radius 3 is 2.71 bits per heavy atom. The molecule has 2 aromatic rings. The van der Waals surface area contributed by atoms with Crippen molar-refractivity contribution in [2.75, 3.05) is 6.54 Å². The van der Waals surface area contributed by atoms with E-state index in [9.17, 15) is 4.79 Å². The van der Waals surface area contributed by atoms with Crippen LogP contribution in [0, 0.1) is 0 Å². The Labute approximate surface area is 125 Å². The van der Waals surface area contributed by atoms with Crippen molar-refractivity contribution >= 4 is 10.9 Å². The van der Waals surface area contributed by atoms with Crippen LogP contribution in [0.1, 0.15) is 38.5 Å². The minimum atomic E-state index is 0.0586. The molecule has 0 atom stereocenters. The van der Waals surface area contributed by atoms with Crippen LogP contribution in [0.2, 0.25) is 0 Å². The molecule has 0 bridgehead atoms. The van der Waals surface area contributed by atoms with E-state index in [-0.39, 0.29) is 5.56 Å². The van der Waals surface area contributed by atoms with Crippen molar-refractivity contribution in [3.63, 3.8) is 0 Å². The van der Waals surface area contributed by atoms with E-state index < -0.39 is 0 Å². The van der Waals surface area contributed by atoms with Crippen LogP contribution in [0.5, 0.6) is 0 Å². The third kappa shape index (κ3) is 3.50. The highest BCUT2D eigenvalue weighted by Crippen LogP contribution is 2.16. The van der Waals surface area contributed by atoms with Gasteiger partial charge in [-0.05, 0) is 25.0 Å². The van der Waals surface area contributed by atoms with Crippen molar-refractivity contribution in [2.24, 2.45) is 0 Å². The van der Waals surface area contributed by atoms with Gasteiger partial charge in [0.15, 0.2) is 0 Å². The third-order valence-corrected chi connectivity index (χ3v) is 4.37. The first-order valence-corrected chi connectivity index (χ1v) is 8.02. The summed E-state index contributed by atoms with van der Waals surface area (Å²) in [6.45, 7) is 1.53. The van der Waals surface area contributed by atoms with Gasteiger partial charge >= 0.3 is 0 Å². The lowest BCUT2D eigenvalue weighted by Gasteiger charge is -2.16. The standard InChI is InChI=1S/C17H23N3O/c21-17-15-9-5-6-10-16(15)19-13-20(17)12-11-18-14-7-3-1-2-4-8-14/h5-6,9-10,13-14,18H,1-4,7-8,11-12H2. The van der Waals surface area contributed by atoms with Crippen LogP contribution in [-0.4, -0.2) is 22.1 Å². The second-order valence-corrected chi connectivity index (χ2v) is 5.90. The Balaban J connectivity index is 1.62. The highest BCUT2D eigenvalue weighted by Gasteiger charge is 2.11. The topological polar surface area (TPSA) is 46.9 Å². The fourth-order valence-corrected chi connectivity index (χ4v) is 3.14. The second-order valence-electron chi connectivity index (χ2n) is 5.90. The number of rotatable bonds is 4. The molecule has 0 unspecified atom stereocenters. The van der Waals surface area contributed by atoms with E-state index in [1.165, 1.54) is 38.5 Å². The van der Waals surface area contributed by atoms with Gasteiger partial charge in [-0.2, -0.15) is 0 Å². The average Bonchev–Trinajstić information content (AvgIpc) is 2.79. The SMILES string of the molecule is O=c1c2ccccc2ncn1CCNC1CCCCCC1. The summed E-state index contributed by atoms with van der Waals surface area (Å²) in [5.74, 6) is 0. The molecular weight excluding hydrogens is 262 g/mol. The third-order valence-electron chi connectivity index (χ3n) is 4.37. The summed E-state index contributed by atoms with van der Waals surface area (Å²) in [6.07, 6.45) is 9.60. The first kappa shape index (κ1) is 14.3. The lowest BCUT2D eigenvalue weighted by molar-refractivity contribution is 0.442. The van der Waals surface area contributed by atoms with Crippen LogP contribution < -0.4 is 10.9 Å². The van der Waals surface area contributed by atoms with Gasteiger partial charge in [-0.25, -0.2) is 4.98 Å². The molecule has 1 N–H and O–H groups in total. The minimum Gasteiger partial charge on any atom is -0.312 e. The monoisotopic (exact) mass is 285 g/mol. The lowest BCUT2D eigenvalue weighted by atomic mass is 10.1. The highest BCUT2D eigenvalue weighted by atomic mass is 16.1. The maximum absolute atomic E-state index is 12.4. The summed E-state index contributed by atoms with van der Waals surface area (Å²) >= 11 is 0. The zero-order valence-corrected chi connectivity index (χ0v) is 12.4. The molecule has 0 amide bonds. The van der Waals surface area contributed by atoms with Crippen molar-refractivity contribution in [2.45, 2.75) is 51.1 Å². The van der Waals surface area contributed by atoms with Crippen LogP contribution >= 0.6 is 0 Å². The number of fused-ring (bicyclic) bond motifs is 1. The number of aromatic nitrogens is 2. The fourth-order valence-electron chi connectivity index (χ4n) is 3.14. The zero-order valence-electron chi connectivity index (χ0n) is 12.4. The van der Waals surface area contributed by atoms with Crippen LogP contribution in [0.4, 0.5) is 0 Å². The Kier molecular flexibility index (Phi) is 4.65. The molecule has 1 heterocycles. The fraction of sp³-hybridized carbons (Fsp3) is 0.529. The molecule has 3 rings (SSSR count). The molecule has 4 nitrogen and oxygen atoms in total. The second kappa shape index (κ2) is 6.85. The summed E-state index contributed by atoms with van der Waals surface area (Å²) in [7, 11) is 0. The molecule has 1 aromatic carbocycles. The number of para-hydroxylation sites is 1. The van der Waals surface area contributed by atoms with Crippen LogP contribution in [0.15, 0.2) is 35.4 Å². The summed E-state index contributed by atoms with van der Waals surface area (Å²) in [6, 6.07) is 8.15. The molecule has 0 aliphatic heterocycles. The largest absolute Gasteiger partial charge is 0.312 e. The van der Waals surface area contributed by atoms with Gasteiger partial charge < -0.3 is 5.32 Å². The first-order valence-electron chi connectivity index (χ1n) is 8.02. The molecule has 1 aliphatic rings. The average molecular weight is 285 g/mol. The van der Waals surface area contributed by atoms with E-state index in [1.807, 2.05) is 24.3 Å². The number of nitrogens with zero attached hydrogens (tertiary/aromatic N) is 2. The van der Waals surface area contributed by atoms with Gasteiger partial charge in [0.2, 0.25) is 0 Å². The van der Waals surface area contributed by atoms with Crippen molar-refractivity contribution in [1.29, 1.82) is 0 Å². The van der Waals surface area contributed by atoms with Crippen molar-refractivity contribution in [3.05, 3.63) is 40.9 Å². The van der Waals surface area contributed by atoms with E-state index in [0.29, 0.717) is 18.0 Å². The summed E-state index contributed by atoms with van der Waals surface area (Å²) in [5, 5.41) is 4.30. The molecule has 4 heteroatoms. The van der Waals surface area contributed by atoms with Crippen molar-refractivity contribution < 1.29 is 0 Å². The van der Waals surface area contributed by atoms with Crippen molar-refractivity contribution in [3.8, 4) is 0 Å². The lowest BCUT2D eigenvalue weighted by Crippen LogP contribution is -2.33. The van der Waals surface area contributed by atoms with Gasteiger partial charge in [0.05, 0.1) is 17.2 Å². The molecular formula is C17H23N3O. The maximum atomic E-state index is 12.4. The zero-order chi connectivity index (χ0) is 14.5. The van der Waals surface area contributed by atoms with Gasteiger partial charge in [0.25, 0.3) is 5.56 Å². The Hall–Kier alpha value is -1.68. The quantitative estimate of drug-likeness (QED) is 0.879. The molecule has 1 saturated carbocycles. The van der Waals surface area contributed by atoms with Gasteiger partial charge in [-0.15, -0.1) is 0 Å². The summed E-state index contributed by atoms with van der Waals surface area (Å²) in [4.78, 5) is 16.7. The Bertz CT molecular complexity index is 642. The summed E-state index contributed by atoms with van der Waals surface area (Å²) < 4.78 is 1.71. The van der Waals surface area contributed by atoms with Gasteiger partial charge in [-0.3, -0.25) is 9.36 Å². The van der Waals surface area contributed by atoms with E-state index >= 15 is 0 Å². The smallest absolute Gasteiger partial charge is 0.261 e. The molecule has 112 valence electrons. The molecule has 1 aromatic heterocycles. The Morgan fingerprint density at radius 2 is 1.90 bits per heavy atom. The van der Waals surface area contributed by atoms with Crippen molar-refractivity contribution in [1.82, 2.24) is 14.9 Å².